The van der Waals surface area contributed by atoms with Crippen molar-refractivity contribution in [3.8, 4) is 11.1 Å². The number of rotatable bonds is 5. The second kappa shape index (κ2) is 9.66. The Labute approximate surface area is 191 Å². The Morgan fingerprint density at radius 1 is 0.656 bits per heavy atom. The second-order valence-corrected chi connectivity index (χ2v) is 8.14. The molecule has 0 aliphatic carbocycles. The minimum absolute atomic E-state index is 1.27. The van der Waals surface area contributed by atoms with E-state index in [1.807, 2.05) is 6.92 Å². The Morgan fingerprint density at radius 3 is 1.84 bits per heavy atom. The lowest BCUT2D eigenvalue weighted by Gasteiger charge is -2.19. The molecule has 0 bridgehead atoms. The third kappa shape index (κ3) is 3.97. The molecule has 4 aromatic rings. The van der Waals surface area contributed by atoms with Crippen molar-refractivity contribution in [2.45, 2.75) is 27.7 Å². The van der Waals surface area contributed by atoms with Crippen LogP contribution < -0.4 is 0 Å². The number of aryl methyl sites for hydroxylation is 1. The Hall–Kier alpha value is -3.64. The van der Waals surface area contributed by atoms with E-state index in [-0.39, 0.29) is 0 Å². The van der Waals surface area contributed by atoms with E-state index in [9.17, 15) is 0 Å². The summed E-state index contributed by atoms with van der Waals surface area (Å²) in [7, 11) is 0. The largest absolute Gasteiger partial charge is 0.0877 e. The molecule has 0 N–H and O–H groups in total. The highest BCUT2D eigenvalue weighted by molar-refractivity contribution is 6.19. The summed E-state index contributed by atoms with van der Waals surface area (Å²) in [5, 5.41) is 5.18. The molecule has 0 saturated carbocycles. The van der Waals surface area contributed by atoms with Crippen LogP contribution in [-0.4, -0.2) is 0 Å². The third-order valence-electron chi connectivity index (χ3n) is 6.02. The molecule has 0 spiro atoms. The van der Waals surface area contributed by atoms with E-state index in [1.165, 1.54) is 54.9 Å². The first-order chi connectivity index (χ1) is 15.7. The monoisotopic (exact) mass is 414 g/mol. The topological polar surface area (TPSA) is 0 Å². The van der Waals surface area contributed by atoms with Crippen LogP contribution in [0.15, 0.2) is 103 Å². The Kier molecular flexibility index (Phi) is 6.52. The maximum absolute atomic E-state index is 2.27. The normalized spacial score (nSPS) is 12.8. The van der Waals surface area contributed by atoms with Crippen LogP contribution in [0.5, 0.6) is 0 Å². The van der Waals surface area contributed by atoms with Crippen molar-refractivity contribution in [1.82, 2.24) is 0 Å². The molecule has 0 radical (unpaired) electrons. The van der Waals surface area contributed by atoms with Gasteiger partial charge in [-0.15, -0.1) is 0 Å². The van der Waals surface area contributed by atoms with E-state index < -0.39 is 0 Å². The highest BCUT2D eigenvalue weighted by Crippen LogP contribution is 2.43. The van der Waals surface area contributed by atoms with E-state index >= 15 is 0 Å². The van der Waals surface area contributed by atoms with Gasteiger partial charge in [0, 0.05) is 0 Å². The van der Waals surface area contributed by atoms with E-state index in [2.05, 4.69) is 130 Å². The van der Waals surface area contributed by atoms with Crippen LogP contribution in [0.2, 0.25) is 0 Å². The molecule has 32 heavy (non-hydrogen) atoms. The predicted molar refractivity (Wildman–Crippen MR) is 144 cm³/mol. The van der Waals surface area contributed by atoms with Crippen molar-refractivity contribution >= 4 is 33.2 Å². The molecular formula is C32H30. The molecule has 0 aliphatic rings. The van der Waals surface area contributed by atoms with Gasteiger partial charge in [-0.05, 0) is 82.6 Å². The maximum Gasteiger partial charge on any atom is -0.00203 e. The zero-order chi connectivity index (χ0) is 22.5. The van der Waals surface area contributed by atoms with Crippen LogP contribution in [0.25, 0.3) is 44.3 Å². The summed E-state index contributed by atoms with van der Waals surface area (Å²) in [6.45, 7) is 8.52. The molecule has 0 heteroatoms. The molecule has 158 valence electrons. The summed E-state index contributed by atoms with van der Waals surface area (Å²) in [6, 6.07) is 24.3. The van der Waals surface area contributed by atoms with Crippen molar-refractivity contribution in [3.63, 3.8) is 0 Å². The van der Waals surface area contributed by atoms with Crippen molar-refractivity contribution in [1.29, 1.82) is 0 Å². The molecule has 0 amide bonds. The van der Waals surface area contributed by atoms with Gasteiger partial charge in [0.05, 0.1) is 0 Å². The molecule has 0 aromatic heterocycles. The fourth-order valence-corrected chi connectivity index (χ4v) is 4.55. The van der Waals surface area contributed by atoms with Crippen LogP contribution in [0, 0.1) is 6.92 Å². The first kappa shape index (κ1) is 21.6. The zero-order valence-electron chi connectivity index (χ0n) is 19.4. The third-order valence-corrected chi connectivity index (χ3v) is 6.02. The molecule has 0 saturated heterocycles. The number of hydrogen-bond acceptors (Lipinski definition) is 0. The molecule has 0 fully saturated rings. The van der Waals surface area contributed by atoms with Gasteiger partial charge in [-0.2, -0.15) is 0 Å². The highest BCUT2D eigenvalue weighted by atomic mass is 14.2. The number of hydrogen-bond donors (Lipinski definition) is 0. The van der Waals surface area contributed by atoms with E-state index in [4.69, 9.17) is 0 Å². The van der Waals surface area contributed by atoms with Crippen molar-refractivity contribution < 1.29 is 0 Å². The maximum atomic E-state index is 2.27. The highest BCUT2D eigenvalue weighted by Gasteiger charge is 2.17. The quantitative estimate of drug-likeness (QED) is 0.225. The van der Waals surface area contributed by atoms with E-state index in [0.717, 1.165) is 0 Å². The van der Waals surface area contributed by atoms with Crippen LogP contribution in [0.4, 0.5) is 0 Å². The number of fused-ring (bicyclic) bond motifs is 2. The fraction of sp³-hybridized carbons (Fsp3) is 0.125. The van der Waals surface area contributed by atoms with Gasteiger partial charge in [0.1, 0.15) is 0 Å². The Morgan fingerprint density at radius 2 is 1.25 bits per heavy atom. The Bertz CT molecular complexity index is 1330. The smallest absolute Gasteiger partial charge is 0.00203 e. The Balaban J connectivity index is 2.17. The van der Waals surface area contributed by atoms with Gasteiger partial charge < -0.3 is 0 Å². The molecule has 0 aliphatic heterocycles. The lowest BCUT2D eigenvalue weighted by Crippen LogP contribution is -1.94. The molecule has 0 unspecified atom stereocenters. The molecule has 4 rings (SSSR count). The van der Waals surface area contributed by atoms with Gasteiger partial charge in [-0.25, -0.2) is 0 Å². The van der Waals surface area contributed by atoms with Crippen molar-refractivity contribution in [2.75, 3.05) is 0 Å². The van der Waals surface area contributed by atoms with Crippen LogP contribution in [-0.2, 0) is 0 Å². The van der Waals surface area contributed by atoms with Gasteiger partial charge >= 0.3 is 0 Å². The lowest BCUT2D eigenvalue weighted by atomic mass is 9.84. The summed E-state index contributed by atoms with van der Waals surface area (Å²) >= 11 is 0. The summed E-state index contributed by atoms with van der Waals surface area (Å²) in [5.74, 6) is 0. The van der Waals surface area contributed by atoms with Crippen molar-refractivity contribution in [3.05, 3.63) is 120 Å². The molecule has 0 atom stereocenters. The first-order valence-corrected chi connectivity index (χ1v) is 11.3. The minimum Gasteiger partial charge on any atom is -0.0877 e. The van der Waals surface area contributed by atoms with Crippen LogP contribution in [0.1, 0.15) is 37.5 Å². The predicted octanol–water partition coefficient (Wildman–Crippen LogP) is 9.54. The first-order valence-electron chi connectivity index (χ1n) is 11.3. The molecular weight excluding hydrogens is 384 g/mol. The van der Waals surface area contributed by atoms with Crippen LogP contribution >= 0.6 is 0 Å². The summed E-state index contributed by atoms with van der Waals surface area (Å²) in [4.78, 5) is 0. The van der Waals surface area contributed by atoms with Gasteiger partial charge in [-0.1, -0.05) is 109 Å². The molecule has 0 heterocycles. The zero-order valence-corrected chi connectivity index (χ0v) is 19.4. The lowest BCUT2D eigenvalue weighted by molar-refractivity contribution is 1.44. The van der Waals surface area contributed by atoms with Gasteiger partial charge in [0.2, 0.25) is 0 Å². The summed E-state index contributed by atoms with van der Waals surface area (Å²) in [5.41, 5.74) is 7.73. The van der Waals surface area contributed by atoms with E-state index in [0.29, 0.717) is 0 Å². The average Bonchev–Trinajstić information content (AvgIpc) is 2.82. The fourth-order valence-electron chi connectivity index (χ4n) is 4.55. The number of benzene rings is 4. The minimum atomic E-state index is 1.27. The average molecular weight is 415 g/mol. The van der Waals surface area contributed by atoms with Gasteiger partial charge in [0.25, 0.3) is 0 Å². The van der Waals surface area contributed by atoms with Crippen molar-refractivity contribution in [2.24, 2.45) is 0 Å². The standard InChI is InChI=1S/C32H30/c1-5-7-9-17-25-23(3)16-14-22-26(25)32-29-20-12-10-18-27(29)31(24(4)15-8-6-2)28-19-11-13-21-30(28)32/h5-22H,1-4H3/b7-5-,8-6-,17-9-,24-15+. The van der Waals surface area contributed by atoms with Gasteiger partial charge in [0.15, 0.2) is 0 Å². The second-order valence-electron chi connectivity index (χ2n) is 8.14. The van der Waals surface area contributed by atoms with Crippen LogP contribution in [0.3, 0.4) is 0 Å². The summed E-state index contributed by atoms with van der Waals surface area (Å²) < 4.78 is 0. The SMILES string of the molecule is C/C=C\C=C/c1c(C)cccc1-c1c2ccccc2c(/C(C)=C/C=C\C)c2ccccc12. The summed E-state index contributed by atoms with van der Waals surface area (Å²) in [6.07, 6.45) is 14.9. The molecule has 0 nitrogen and oxygen atoms in total. The molecule has 4 aromatic carbocycles. The number of allylic oxidation sites excluding steroid dienone is 7. The van der Waals surface area contributed by atoms with Gasteiger partial charge in [-0.3, -0.25) is 0 Å². The van der Waals surface area contributed by atoms with E-state index in [1.54, 1.807) is 0 Å².